The van der Waals surface area contributed by atoms with E-state index in [4.69, 9.17) is 0 Å². The standard InChI is InChI=1S/C11H21NO/c1-2-3-4-5-6-7-11(13)12-10-8-9-10/h10H,2-9H2,1H3,(H,12,13). The number of unbranched alkanes of at least 4 members (excludes halogenated alkanes) is 4. The summed E-state index contributed by atoms with van der Waals surface area (Å²) in [6, 6.07) is 0.531. The molecule has 1 fully saturated rings. The van der Waals surface area contributed by atoms with Gasteiger partial charge in [-0.15, -0.1) is 0 Å². The van der Waals surface area contributed by atoms with Gasteiger partial charge in [-0.1, -0.05) is 32.6 Å². The maximum atomic E-state index is 11.2. The molecule has 0 aliphatic heterocycles. The summed E-state index contributed by atoms with van der Waals surface area (Å²) in [5, 5.41) is 3.01. The molecule has 76 valence electrons. The van der Waals surface area contributed by atoms with E-state index in [0.717, 1.165) is 12.8 Å². The maximum Gasteiger partial charge on any atom is 0.220 e. The van der Waals surface area contributed by atoms with Crippen LogP contribution >= 0.6 is 0 Å². The first-order valence-electron chi connectivity index (χ1n) is 5.62. The first-order valence-corrected chi connectivity index (χ1v) is 5.62. The second kappa shape index (κ2) is 6.01. The molecular weight excluding hydrogens is 162 g/mol. The highest BCUT2D eigenvalue weighted by molar-refractivity contribution is 5.76. The summed E-state index contributed by atoms with van der Waals surface area (Å²) in [7, 11) is 0. The molecule has 0 bridgehead atoms. The molecule has 0 spiro atoms. The van der Waals surface area contributed by atoms with Crippen LogP contribution in [0.4, 0.5) is 0 Å². The second-order valence-electron chi connectivity index (χ2n) is 4.01. The van der Waals surface area contributed by atoms with E-state index in [1.807, 2.05) is 0 Å². The lowest BCUT2D eigenvalue weighted by Crippen LogP contribution is -2.24. The lowest BCUT2D eigenvalue weighted by atomic mass is 10.1. The van der Waals surface area contributed by atoms with Gasteiger partial charge >= 0.3 is 0 Å². The summed E-state index contributed by atoms with van der Waals surface area (Å²) in [6.45, 7) is 2.21. The predicted octanol–water partition coefficient (Wildman–Crippen LogP) is 2.63. The third-order valence-corrected chi connectivity index (χ3v) is 2.45. The number of hydrogen-bond donors (Lipinski definition) is 1. The van der Waals surface area contributed by atoms with E-state index >= 15 is 0 Å². The SMILES string of the molecule is CCCCCCCC(=O)NC1CC1. The van der Waals surface area contributed by atoms with Gasteiger partial charge in [-0.05, 0) is 19.3 Å². The number of carbonyl (C=O) groups excluding carboxylic acids is 1. The smallest absolute Gasteiger partial charge is 0.220 e. The van der Waals surface area contributed by atoms with Crippen LogP contribution in [0.25, 0.3) is 0 Å². The highest BCUT2D eigenvalue weighted by Crippen LogP contribution is 2.18. The molecule has 2 heteroatoms. The van der Waals surface area contributed by atoms with Gasteiger partial charge in [-0.3, -0.25) is 4.79 Å². The molecule has 0 radical (unpaired) electrons. The Balaban J connectivity index is 1.83. The average molecular weight is 183 g/mol. The Kier molecular flexibility index (Phi) is 4.87. The molecule has 0 atom stereocenters. The highest BCUT2D eigenvalue weighted by Gasteiger charge is 2.22. The quantitative estimate of drug-likeness (QED) is 0.604. The predicted molar refractivity (Wildman–Crippen MR) is 54.5 cm³/mol. The Labute approximate surface area is 81.1 Å². The Morgan fingerprint density at radius 2 is 1.92 bits per heavy atom. The topological polar surface area (TPSA) is 29.1 Å². The molecule has 1 aliphatic rings. The Morgan fingerprint density at radius 1 is 1.23 bits per heavy atom. The van der Waals surface area contributed by atoms with Crippen molar-refractivity contribution in [2.75, 3.05) is 0 Å². The first kappa shape index (κ1) is 10.6. The molecule has 13 heavy (non-hydrogen) atoms. The largest absolute Gasteiger partial charge is 0.353 e. The third kappa shape index (κ3) is 5.67. The fourth-order valence-electron chi connectivity index (χ4n) is 1.42. The Morgan fingerprint density at radius 3 is 2.54 bits per heavy atom. The van der Waals surface area contributed by atoms with Gasteiger partial charge in [0, 0.05) is 12.5 Å². The zero-order valence-electron chi connectivity index (χ0n) is 8.64. The van der Waals surface area contributed by atoms with Gasteiger partial charge < -0.3 is 5.32 Å². The highest BCUT2D eigenvalue weighted by atomic mass is 16.1. The minimum atomic E-state index is 0.263. The maximum absolute atomic E-state index is 11.2. The van der Waals surface area contributed by atoms with E-state index in [1.165, 1.54) is 38.5 Å². The van der Waals surface area contributed by atoms with E-state index < -0.39 is 0 Å². The number of nitrogens with one attached hydrogen (secondary N) is 1. The third-order valence-electron chi connectivity index (χ3n) is 2.45. The molecule has 0 saturated heterocycles. The van der Waals surface area contributed by atoms with Gasteiger partial charge in [-0.25, -0.2) is 0 Å². The lowest BCUT2D eigenvalue weighted by molar-refractivity contribution is -0.121. The van der Waals surface area contributed by atoms with E-state index in [2.05, 4.69) is 12.2 Å². The van der Waals surface area contributed by atoms with Crippen LogP contribution in [0.1, 0.15) is 58.3 Å². The fourth-order valence-corrected chi connectivity index (χ4v) is 1.42. The molecule has 1 saturated carbocycles. The molecule has 0 aromatic carbocycles. The summed E-state index contributed by atoms with van der Waals surface area (Å²) in [4.78, 5) is 11.2. The second-order valence-corrected chi connectivity index (χ2v) is 4.01. The van der Waals surface area contributed by atoms with Crippen molar-refractivity contribution in [2.45, 2.75) is 64.3 Å². The van der Waals surface area contributed by atoms with E-state index in [9.17, 15) is 4.79 Å². The van der Waals surface area contributed by atoms with Gasteiger partial charge in [0.15, 0.2) is 0 Å². The van der Waals surface area contributed by atoms with Crippen molar-refractivity contribution in [3.8, 4) is 0 Å². The minimum absolute atomic E-state index is 0.263. The van der Waals surface area contributed by atoms with Gasteiger partial charge in [0.25, 0.3) is 0 Å². The molecule has 1 amide bonds. The lowest BCUT2D eigenvalue weighted by Gasteiger charge is -2.02. The first-order chi connectivity index (χ1) is 6.33. The van der Waals surface area contributed by atoms with Crippen LogP contribution in [0.2, 0.25) is 0 Å². The van der Waals surface area contributed by atoms with Gasteiger partial charge in [0.2, 0.25) is 5.91 Å². The van der Waals surface area contributed by atoms with Crippen molar-refractivity contribution < 1.29 is 4.79 Å². The molecule has 1 rings (SSSR count). The van der Waals surface area contributed by atoms with Crippen LogP contribution in [0.5, 0.6) is 0 Å². The molecule has 0 heterocycles. The summed E-state index contributed by atoms with van der Waals surface area (Å²) in [6.07, 6.45) is 9.28. The monoisotopic (exact) mass is 183 g/mol. The normalized spacial score (nSPS) is 15.8. The number of carbonyl (C=O) groups is 1. The van der Waals surface area contributed by atoms with Crippen molar-refractivity contribution in [3.05, 3.63) is 0 Å². The van der Waals surface area contributed by atoms with Crippen LogP contribution in [-0.4, -0.2) is 11.9 Å². The fraction of sp³-hybridized carbons (Fsp3) is 0.909. The van der Waals surface area contributed by atoms with Crippen molar-refractivity contribution in [1.29, 1.82) is 0 Å². The molecule has 1 N–H and O–H groups in total. The molecular formula is C11H21NO. The molecule has 2 nitrogen and oxygen atoms in total. The van der Waals surface area contributed by atoms with Crippen molar-refractivity contribution in [1.82, 2.24) is 5.32 Å². The van der Waals surface area contributed by atoms with Crippen LogP contribution in [-0.2, 0) is 4.79 Å². The van der Waals surface area contributed by atoms with E-state index in [0.29, 0.717) is 6.04 Å². The van der Waals surface area contributed by atoms with Gasteiger partial charge in [-0.2, -0.15) is 0 Å². The zero-order valence-corrected chi connectivity index (χ0v) is 8.64. The Bertz CT molecular complexity index is 152. The molecule has 1 aliphatic carbocycles. The summed E-state index contributed by atoms with van der Waals surface area (Å²) in [5.41, 5.74) is 0. The van der Waals surface area contributed by atoms with Gasteiger partial charge in [0.05, 0.1) is 0 Å². The summed E-state index contributed by atoms with van der Waals surface area (Å²) >= 11 is 0. The van der Waals surface area contributed by atoms with Crippen molar-refractivity contribution in [2.24, 2.45) is 0 Å². The summed E-state index contributed by atoms with van der Waals surface area (Å²) < 4.78 is 0. The van der Waals surface area contributed by atoms with Gasteiger partial charge in [0.1, 0.15) is 0 Å². The summed E-state index contributed by atoms with van der Waals surface area (Å²) in [5.74, 6) is 0.263. The number of hydrogen-bond acceptors (Lipinski definition) is 1. The minimum Gasteiger partial charge on any atom is -0.353 e. The number of amides is 1. The van der Waals surface area contributed by atoms with Crippen molar-refractivity contribution >= 4 is 5.91 Å². The van der Waals surface area contributed by atoms with E-state index in [1.54, 1.807) is 0 Å². The average Bonchev–Trinajstić information content (AvgIpc) is 2.88. The molecule has 0 aromatic rings. The number of rotatable bonds is 7. The Hall–Kier alpha value is -0.530. The van der Waals surface area contributed by atoms with Crippen LogP contribution in [0, 0.1) is 0 Å². The molecule has 0 aromatic heterocycles. The zero-order chi connectivity index (χ0) is 9.52. The van der Waals surface area contributed by atoms with Crippen LogP contribution < -0.4 is 5.32 Å². The molecule has 0 unspecified atom stereocenters. The van der Waals surface area contributed by atoms with Crippen LogP contribution in [0.3, 0.4) is 0 Å². The van der Waals surface area contributed by atoms with Crippen LogP contribution in [0.15, 0.2) is 0 Å². The van der Waals surface area contributed by atoms with E-state index in [-0.39, 0.29) is 5.91 Å². The van der Waals surface area contributed by atoms with Crippen molar-refractivity contribution in [3.63, 3.8) is 0 Å².